The molecule has 0 spiro atoms. The molecular weight excluding hydrogens is 284 g/mol. The quantitative estimate of drug-likeness (QED) is 0.676. The van der Waals surface area contributed by atoms with E-state index in [0.29, 0.717) is 0 Å². The number of unbranched alkanes of at least 4 members (excludes halogenated alkanes) is 2. The number of hydrogen-bond donors (Lipinski definition) is 2. The largest absolute Gasteiger partial charge is 0.312 e. The maximum atomic E-state index is 12.2. The molecule has 0 amide bonds. The molecule has 0 aromatic heterocycles. The van der Waals surface area contributed by atoms with Gasteiger partial charge in [-0.25, -0.2) is 13.1 Å². The lowest BCUT2D eigenvalue weighted by Gasteiger charge is -2.31. The zero-order chi connectivity index (χ0) is 16.4. The van der Waals surface area contributed by atoms with Crippen molar-refractivity contribution in [3.05, 3.63) is 0 Å². The van der Waals surface area contributed by atoms with Crippen molar-refractivity contribution in [2.45, 2.75) is 84.7 Å². The molecule has 1 rings (SSSR count). The van der Waals surface area contributed by atoms with Crippen LogP contribution in [0.5, 0.6) is 0 Å². The summed E-state index contributed by atoms with van der Waals surface area (Å²) in [6, 6.07) is 0. The minimum Gasteiger partial charge on any atom is -0.312 e. The lowest BCUT2D eigenvalue weighted by Crippen LogP contribution is -2.46. The zero-order valence-electron chi connectivity index (χ0n) is 14.7. The zero-order valence-corrected chi connectivity index (χ0v) is 15.5. The van der Waals surface area contributed by atoms with Crippen molar-refractivity contribution in [2.75, 3.05) is 12.3 Å². The van der Waals surface area contributed by atoms with E-state index in [1.807, 2.05) is 0 Å². The maximum Gasteiger partial charge on any atom is 0.212 e. The molecule has 0 unspecified atom stereocenters. The highest BCUT2D eigenvalue weighted by atomic mass is 32.2. The minimum atomic E-state index is -3.15. The van der Waals surface area contributed by atoms with Gasteiger partial charge in [0.2, 0.25) is 10.0 Å². The van der Waals surface area contributed by atoms with Crippen LogP contribution in [0, 0.1) is 5.41 Å². The molecule has 126 valence electrons. The van der Waals surface area contributed by atoms with Gasteiger partial charge in [-0.05, 0) is 58.4 Å². The predicted octanol–water partition coefficient (Wildman–Crippen LogP) is 3.04. The normalized spacial score (nSPS) is 18.8. The third-order valence-corrected chi connectivity index (χ3v) is 5.81. The summed E-state index contributed by atoms with van der Waals surface area (Å²) in [4.78, 5) is 0. The third kappa shape index (κ3) is 6.66. The van der Waals surface area contributed by atoms with E-state index in [4.69, 9.17) is 0 Å². The molecule has 1 fully saturated rings. The summed E-state index contributed by atoms with van der Waals surface area (Å²) in [6.45, 7) is 13.7. The molecule has 0 heterocycles. The van der Waals surface area contributed by atoms with Gasteiger partial charge in [0.15, 0.2) is 0 Å². The molecule has 0 aromatic carbocycles. The Morgan fingerprint density at radius 3 is 1.95 bits per heavy atom. The van der Waals surface area contributed by atoms with Gasteiger partial charge in [0.25, 0.3) is 0 Å². The van der Waals surface area contributed by atoms with Crippen LogP contribution in [0.25, 0.3) is 0 Å². The fraction of sp³-hybridized carbons (Fsp3) is 1.00. The highest BCUT2D eigenvalue weighted by molar-refractivity contribution is 7.89. The van der Waals surface area contributed by atoms with E-state index in [1.165, 1.54) is 0 Å². The summed E-state index contributed by atoms with van der Waals surface area (Å²) < 4.78 is 27.4. The van der Waals surface area contributed by atoms with Crippen LogP contribution in [-0.2, 0) is 10.0 Å². The fourth-order valence-electron chi connectivity index (χ4n) is 2.54. The molecule has 4 nitrogen and oxygen atoms in total. The Morgan fingerprint density at radius 1 is 0.952 bits per heavy atom. The van der Waals surface area contributed by atoms with Gasteiger partial charge >= 0.3 is 0 Å². The van der Waals surface area contributed by atoms with Crippen LogP contribution >= 0.6 is 0 Å². The van der Waals surface area contributed by atoms with Gasteiger partial charge in [0.05, 0.1) is 5.75 Å². The Labute approximate surface area is 131 Å². The second-order valence-electron chi connectivity index (χ2n) is 8.49. The Kier molecular flexibility index (Phi) is 5.90. The predicted molar refractivity (Wildman–Crippen MR) is 89.9 cm³/mol. The summed E-state index contributed by atoms with van der Waals surface area (Å²) in [7, 11) is -3.15. The van der Waals surface area contributed by atoms with Gasteiger partial charge in [0.1, 0.15) is 0 Å². The van der Waals surface area contributed by atoms with Gasteiger partial charge in [-0.1, -0.05) is 27.2 Å². The topological polar surface area (TPSA) is 58.2 Å². The first-order valence-electron chi connectivity index (χ1n) is 8.14. The van der Waals surface area contributed by atoms with Gasteiger partial charge in [-0.15, -0.1) is 0 Å². The van der Waals surface area contributed by atoms with Gasteiger partial charge < -0.3 is 5.32 Å². The Balaban J connectivity index is 2.26. The third-order valence-electron chi connectivity index (χ3n) is 4.28. The lowest BCUT2D eigenvalue weighted by molar-refractivity contribution is 0.278. The smallest absolute Gasteiger partial charge is 0.212 e. The molecule has 0 aliphatic heterocycles. The average Bonchev–Trinajstić information content (AvgIpc) is 3.01. The number of nitrogens with one attached hydrogen (secondary N) is 2. The first-order chi connectivity index (χ1) is 9.37. The van der Waals surface area contributed by atoms with Crippen molar-refractivity contribution in [1.82, 2.24) is 10.0 Å². The van der Waals surface area contributed by atoms with Gasteiger partial charge in [-0.3, -0.25) is 0 Å². The molecule has 0 atom stereocenters. The van der Waals surface area contributed by atoms with Crippen LogP contribution in [0.3, 0.4) is 0 Å². The first-order valence-corrected chi connectivity index (χ1v) is 9.79. The molecule has 21 heavy (non-hydrogen) atoms. The summed E-state index contributed by atoms with van der Waals surface area (Å²) in [5.74, 6) is 0.250. The number of rotatable bonds is 8. The van der Waals surface area contributed by atoms with Crippen LogP contribution in [-0.4, -0.2) is 31.8 Å². The molecule has 1 aliphatic carbocycles. The molecule has 1 saturated carbocycles. The van der Waals surface area contributed by atoms with Crippen molar-refractivity contribution in [2.24, 2.45) is 5.41 Å². The molecule has 0 saturated heterocycles. The Morgan fingerprint density at radius 2 is 1.52 bits per heavy atom. The van der Waals surface area contributed by atoms with Crippen LogP contribution in [0.2, 0.25) is 0 Å². The monoisotopic (exact) mass is 318 g/mol. The van der Waals surface area contributed by atoms with Crippen molar-refractivity contribution in [3.8, 4) is 0 Å². The lowest BCUT2D eigenvalue weighted by atomic mass is 9.85. The number of hydrogen-bond acceptors (Lipinski definition) is 3. The summed E-state index contributed by atoms with van der Waals surface area (Å²) >= 11 is 0. The fourth-order valence-corrected chi connectivity index (χ4v) is 4.33. The highest BCUT2D eigenvalue weighted by Gasteiger charge is 2.53. The minimum absolute atomic E-state index is 0.00328. The molecule has 0 aromatic rings. The molecule has 2 N–H and O–H groups in total. The van der Waals surface area contributed by atoms with E-state index in [-0.39, 0.29) is 22.2 Å². The van der Waals surface area contributed by atoms with Crippen molar-refractivity contribution >= 4 is 10.0 Å². The van der Waals surface area contributed by atoms with E-state index in [9.17, 15) is 8.42 Å². The second kappa shape index (κ2) is 6.55. The van der Waals surface area contributed by atoms with Crippen LogP contribution in [0.4, 0.5) is 0 Å². The van der Waals surface area contributed by atoms with E-state index < -0.39 is 10.0 Å². The van der Waals surface area contributed by atoms with Crippen LogP contribution < -0.4 is 10.0 Å². The van der Waals surface area contributed by atoms with E-state index in [0.717, 1.165) is 38.6 Å². The van der Waals surface area contributed by atoms with Crippen molar-refractivity contribution < 1.29 is 8.42 Å². The standard InChI is InChI=1S/C16H34N2O2S/c1-14(2,3)16(10-11-16)18-21(19,20)13-9-7-8-12-17-15(4,5)6/h17-18H,7-13H2,1-6H3. The van der Waals surface area contributed by atoms with E-state index in [2.05, 4.69) is 51.6 Å². The van der Waals surface area contributed by atoms with E-state index in [1.54, 1.807) is 0 Å². The average molecular weight is 319 g/mol. The Hall–Kier alpha value is -0.130. The molecule has 0 bridgehead atoms. The SMILES string of the molecule is CC(C)(C)NCCCCCS(=O)(=O)NC1(C(C)(C)C)CC1. The number of sulfonamides is 1. The van der Waals surface area contributed by atoms with Crippen molar-refractivity contribution in [1.29, 1.82) is 0 Å². The van der Waals surface area contributed by atoms with Crippen LogP contribution in [0.1, 0.15) is 73.6 Å². The highest BCUT2D eigenvalue weighted by Crippen LogP contribution is 2.50. The summed E-state index contributed by atoms with van der Waals surface area (Å²) in [5, 5.41) is 3.42. The van der Waals surface area contributed by atoms with Gasteiger partial charge in [-0.2, -0.15) is 0 Å². The molecular formula is C16H34N2O2S. The van der Waals surface area contributed by atoms with Crippen molar-refractivity contribution in [3.63, 3.8) is 0 Å². The van der Waals surface area contributed by atoms with E-state index >= 15 is 0 Å². The molecule has 5 heteroatoms. The first kappa shape index (κ1) is 18.9. The molecule has 0 radical (unpaired) electrons. The summed E-state index contributed by atoms with van der Waals surface area (Å²) in [5.41, 5.74) is -0.0605. The summed E-state index contributed by atoms with van der Waals surface area (Å²) in [6.07, 6.45) is 4.64. The Bertz CT molecular complexity index is 426. The van der Waals surface area contributed by atoms with Crippen LogP contribution in [0.15, 0.2) is 0 Å². The second-order valence-corrected chi connectivity index (χ2v) is 10.3. The van der Waals surface area contributed by atoms with Gasteiger partial charge in [0, 0.05) is 11.1 Å². The maximum absolute atomic E-state index is 12.2. The molecule has 1 aliphatic rings.